The maximum absolute atomic E-state index is 12.0. The van der Waals surface area contributed by atoms with Crippen LogP contribution in [0.5, 0.6) is 0 Å². The number of anilines is 2. The molecule has 204 valence electrons. The van der Waals surface area contributed by atoms with Gasteiger partial charge in [0.2, 0.25) is 5.56 Å². The third-order valence-corrected chi connectivity index (χ3v) is 8.74. The molecule has 39 heavy (non-hydrogen) atoms. The summed E-state index contributed by atoms with van der Waals surface area (Å²) < 4.78 is 0. The molecule has 0 saturated carbocycles. The number of benzene rings is 1. The van der Waals surface area contributed by atoms with Crippen LogP contribution in [-0.2, 0) is 6.54 Å². The van der Waals surface area contributed by atoms with Crippen molar-refractivity contribution in [3.05, 3.63) is 63.6 Å². The highest BCUT2D eigenvalue weighted by Crippen LogP contribution is 2.32. The summed E-state index contributed by atoms with van der Waals surface area (Å²) >= 11 is 0. The summed E-state index contributed by atoms with van der Waals surface area (Å²) in [5.41, 5.74) is 4.60. The number of rotatable bonds is 5. The van der Waals surface area contributed by atoms with Gasteiger partial charge < -0.3 is 20.5 Å². The van der Waals surface area contributed by atoms with Gasteiger partial charge in [-0.3, -0.25) is 14.6 Å². The zero-order valence-corrected chi connectivity index (χ0v) is 23.1. The second-order valence-electron chi connectivity index (χ2n) is 11.6. The summed E-state index contributed by atoms with van der Waals surface area (Å²) in [6.45, 7) is 13.6. The van der Waals surface area contributed by atoms with Crippen LogP contribution in [0.1, 0.15) is 37.0 Å². The van der Waals surface area contributed by atoms with Crippen molar-refractivity contribution in [2.24, 2.45) is 0 Å². The number of hydrogen-bond acceptors (Lipinski definition) is 8. The van der Waals surface area contributed by atoms with Crippen LogP contribution in [0, 0.1) is 18.3 Å². The van der Waals surface area contributed by atoms with Crippen molar-refractivity contribution < 1.29 is 0 Å². The Hall–Kier alpha value is -3.45. The Morgan fingerprint density at radius 1 is 1.15 bits per heavy atom. The zero-order chi connectivity index (χ0) is 27.1. The zero-order valence-electron chi connectivity index (χ0n) is 23.1. The highest BCUT2D eigenvalue weighted by atomic mass is 16.1. The van der Waals surface area contributed by atoms with Crippen molar-refractivity contribution in [2.75, 3.05) is 49.5 Å². The fourth-order valence-corrected chi connectivity index (χ4v) is 6.70. The van der Waals surface area contributed by atoms with Crippen molar-refractivity contribution >= 4 is 22.4 Å². The number of nitrogens with one attached hydrogen (secondary N) is 3. The van der Waals surface area contributed by atoms with Crippen LogP contribution in [0.4, 0.5) is 11.5 Å². The Kier molecular flexibility index (Phi) is 7.02. The Labute approximate surface area is 229 Å². The Balaban J connectivity index is 1.16. The summed E-state index contributed by atoms with van der Waals surface area (Å²) in [7, 11) is 0. The van der Waals surface area contributed by atoms with E-state index < -0.39 is 0 Å². The number of nitrogens with zero attached hydrogens (tertiary/aromatic N) is 5. The van der Waals surface area contributed by atoms with Gasteiger partial charge in [-0.2, -0.15) is 5.26 Å². The molecule has 5 heterocycles. The van der Waals surface area contributed by atoms with E-state index in [1.54, 1.807) is 6.07 Å². The molecule has 3 N–H and O–H groups in total. The van der Waals surface area contributed by atoms with E-state index in [9.17, 15) is 10.1 Å². The number of H-pyrrole nitrogens is 1. The molecule has 9 nitrogen and oxygen atoms in total. The predicted octanol–water partition coefficient (Wildman–Crippen LogP) is 2.66. The summed E-state index contributed by atoms with van der Waals surface area (Å²) in [4.78, 5) is 27.3. The SMILES string of the molecule is Cc1cc(NC2CNC(C)C2)ncc1CN1CCN2C(C)CN(c3ccc(C#N)c4[nH]c(=O)ccc34)CC2C1. The first kappa shape index (κ1) is 25.8. The quantitative estimate of drug-likeness (QED) is 0.466. The maximum atomic E-state index is 12.0. The molecule has 4 atom stereocenters. The summed E-state index contributed by atoms with van der Waals surface area (Å²) in [5.74, 6) is 0.967. The van der Waals surface area contributed by atoms with Crippen molar-refractivity contribution in [3.8, 4) is 6.07 Å². The topological polar surface area (TPSA) is 103 Å². The van der Waals surface area contributed by atoms with Crippen molar-refractivity contribution in [3.63, 3.8) is 0 Å². The van der Waals surface area contributed by atoms with Gasteiger partial charge in [0.05, 0.1) is 11.1 Å². The number of fused-ring (bicyclic) bond motifs is 2. The van der Waals surface area contributed by atoms with E-state index in [0.717, 1.165) is 69.1 Å². The van der Waals surface area contributed by atoms with Crippen LogP contribution in [0.25, 0.3) is 10.9 Å². The van der Waals surface area contributed by atoms with Crippen LogP contribution in [-0.4, -0.2) is 83.2 Å². The predicted molar refractivity (Wildman–Crippen MR) is 155 cm³/mol. The first-order chi connectivity index (χ1) is 18.9. The van der Waals surface area contributed by atoms with Gasteiger partial charge in [0.1, 0.15) is 11.9 Å². The molecule has 0 amide bonds. The van der Waals surface area contributed by atoms with E-state index in [-0.39, 0.29) is 5.56 Å². The average molecular weight is 527 g/mol. The third kappa shape index (κ3) is 5.24. The lowest BCUT2D eigenvalue weighted by atomic mass is 10.00. The summed E-state index contributed by atoms with van der Waals surface area (Å²) in [6, 6.07) is 13.5. The van der Waals surface area contributed by atoms with E-state index in [1.165, 1.54) is 11.1 Å². The second-order valence-corrected chi connectivity index (χ2v) is 11.6. The maximum Gasteiger partial charge on any atom is 0.248 e. The Morgan fingerprint density at radius 3 is 2.79 bits per heavy atom. The Bertz CT molecular complexity index is 1460. The Morgan fingerprint density at radius 2 is 2.03 bits per heavy atom. The smallest absolute Gasteiger partial charge is 0.248 e. The van der Waals surface area contributed by atoms with Crippen LogP contribution in [0.15, 0.2) is 41.3 Å². The highest BCUT2D eigenvalue weighted by Gasteiger charge is 2.36. The highest BCUT2D eigenvalue weighted by molar-refractivity contribution is 5.95. The number of aryl methyl sites for hydroxylation is 1. The van der Waals surface area contributed by atoms with E-state index in [2.05, 4.69) is 69.4 Å². The first-order valence-corrected chi connectivity index (χ1v) is 14.1. The molecular formula is C30H38N8O. The molecule has 9 heteroatoms. The minimum Gasteiger partial charge on any atom is -0.368 e. The number of aromatic nitrogens is 2. The standard InChI is InChI=1S/C30H38N8O/c1-19-10-28(34-24-11-20(2)32-14-24)33-13-23(19)16-36-8-9-38-21(3)15-37(18-25(38)17-36)27-6-4-22(12-31)30-26(27)5-7-29(39)35-30/h4-7,10,13,20-21,24-25,32H,8-9,11,14-18H2,1-3H3,(H,33,34)(H,35,39). The van der Waals surface area contributed by atoms with E-state index in [0.29, 0.717) is 35.2 Å². The first-order valence-electron chi connectivity index (χ1n) is 14.1. The van der Waals surface area contributed by atoms with Gasteiger partial charge in [-0.05, 0) is 62.6 Å². The van der Waals surface area contributed by atoms with Crippen LogP contribution in [0.2, 0.25) is 0 Å². The largest absolute Gasteiger partial charge is 0.368 e. The molecule has 0 radical (unpaired) electrons. The molecular weight excluding hydrogens is 488 g/mol. The minimum atomic E-state index is -0.184. The van der Waals surface area contributed by atoms with Crippen LogP contribution < -0.4 is 21.1 Å². The van der Waals surface area contributed by atoms with Gasteiger partial charge in [0.25, 0.3) is 0 Å². The molecule has 0 spiro atoms. The van der Waals surface area contributed by atoms with Gasteiger partial charge in [-0.15, -0.1) is 0 Å². The molecule has 0 aliphatic carbocycles. The van der Waals surface area contributed by atoms with Crippen LogP contribution in [0.3, 0.4) is 0 Å². The number of aromatic amines is 1. The summed E-state index contributed by atoms with van der Waals surface area (Å²) in [6.07, 6.45) is 3.18. The lowest BCUT2D eigenvalue weighted by molar-refractivity contribution is 0.0316. The van der Waals surface area contributed by atoms with Gasteiger partial charge in [0, 0.05) is 93.3 Å². The number of nitriles is 1. The lowest BCUT2D eigenvalue weighted by Crippen LogP contribution is -2.65. The van der Waals surface area contributed by atoms with E-state index in [1.807, 2.05) is 18.2 Å². The fraction of sp³-hybridized carbons (Fsp3) is 0.500. The lowest BCUT2D eigenvalue weighted by Gasteiger charge is -2.51. The van der Waals surface area contributed by atoms with Gasteiger partial charge >= 0.3 is 0 Å². The molecule has 3 aromatic rings. The molecule has 3 saturated heterocycles. The van der Waals surface area contributed by atoms with Gasteiger partial charge in [0.15, 0.2) is 0 Å². The molecule has 3 aliphatic heterocycles. The van der Waals surface area contributed by atoms with Crippen LogP contribution >= 0.6 is 0 Å². The molecule has 3 fully saturated rings. The minimum absolute atomic E-state index is 0.184. The molecule has 3 aliphatic rings. The molecule has 6 rings (SSSR count). The fourth-order valence-electron chi connectivity index (χ4n) is 6.70. The van der Waals surface area contributed by atoms with Gasteiger partial charge in [-0.1, -0.05) is 0 Å². The van der Waals surface area contributed by atoms with Crippen molar-refractivity contribution in [1.29, 1.82) is 5.26 Å². The van der Waals surface area contributed by atoms with Gasteiger partial charge in [-0.25, -0.2) is 4.98 Å². The molecule has 2 aromatic heterocycles. The molecule has 1 aromatic carbocycles. The number of hydrogen-bond donors (Lipinski definition) is 3. The molecule has 0 bridgehead atoms. The summed E-state index contributed by atoms with van der Waals surface area (Å²) in [5, 5.41) is 17.6. The number of piperazine rings is 2. The van der Waals surface area contributed by atoms with Crippen molar-refractivity contribution in [2.45, 2.75) is 57.9 Å². The van der Waals surface area contributed by atoms with E-state index in [4.69, 9.17) is 4.98 Å². The third-order valence-electron chi connectivity index (χ3n) is 8.74. The average Bonchev–Trinajstić information content (AvgIpc) is 3.33. The van der Waals surface area contributed by atoms with E-state index >= 15 is 0 Å². The number of pyridine rings is 2. The monoisotopic (exact) mass is 526 g/mol. The van der Waals surface area contributed by atoms with Crippen molar-refractivity contribution in [1.82, 2.24) is 25.1 Å². The second kappa shape index (κ2) is 10.6. The normalized spacial score (nSPS) is 25.9. The molecule has 4 unspecified atom stereocenters.